The van der Waals surface area contributed by atoms with E-state index in [1.54, 1.807) is 34.8 Å². The zero-order valence-electron chi connectivity index (χ0n) is 35.2. The summed E-state index contributed by atoms with van der Waals surface area (Å²) >= 11 is 3.21. The Morgan fingerprint density at radius 2 is 1.76 bits per heavy atom. The lowest BCUT2D eigenvalue weighted by molar-refractivity contribution is -0.141. The lowest BCUT2D eigenvalue weighted by atomic mass is 9.91. The van der Waals surface area contributed by atoms with Gasteiger partial charge in [-0.15, -0.1) is 32.9 Å². The van der Waals surface area contributed by atoms with Gasteiger partial charge in [0, 0.05) is 67.0 Å². The number of thiazole rings is 1. The number of hydrogen-bond donors (Lipinski definition) is 3. The number of anilines is 1. The van der Waals surface area contributed by atoms with E-state index in [1.165, 1.54) is 9.78 Å². The Bertz CT molecular complexity index is 2610. The summed E-state index contributed by atoms with van der Waals surface area (Å²) in [6.45, 7) is 10.2. The Balaban J connectivity index is 0.822. The highest BCUT2D eigenvalue weighted by molar-refractivity contribution is 7.18. The van der Waals surface area contributed by atoms with Gasteiger partial charge in [-0.05, 0) is 73.9 Å². The molecule has 3 amide bonds. The lowest BCUT2D eigenvalue weighted by Gasteiger charge is -2.35. The minimum absolute atomic E-state index is 0.0499. The number of fused-ring (bicyclic) bond motifs is 3. The van der Waals surface area contributed by atoms with Crippen LogP contribution in [0.5, 0.6) is 5.75 Å². The van der Waals surface area contributed by atoms with Crippen molar-refractivity contribution < 1.29 is 29.1 Å². The summed E-state index contributed by atoms with van der Waals surface area (Å²) in [6, 6.07) is 17.7. The summed E-state index contributed by atoms with van der Waals surface area (Å²) < 4.78 is 5.88. The zero-order valence-corrected chi connectivity index (χ0v) is 36.8. The fourth-order valence-corrected chi connectivity index (χ4v) is 11.1. The summed E-state index contributed by atoms with van der Waals surface area (Å²) in [5.41, 5.74) is 7.12. The molecule has 3 aliphatic heterocycles. The fraction of sp³-hybridized carbons (Fsp3) is 0.413. The average molecular weight is 875 g/mol. The predicted octanol–water partition coefficient (Wildman–Crippen LogP) is 6.86. The number of aliphatic hydroxyl groups excluding tert-OH is 1. The van der Waals surface area contributed by atoms with Crippen molar-refractivity contribution in [1.82, 2.24) is 35.5 Å². The van der Waals surface area contributed by atoms with Crippen molar-refractivity contribution in [1.29, 1.82) is 0 Å². The molecular formula is C46H50N8O6S2. The molecule has 7 heterocycles. The standard InChI is InChI=1S/C46H50N8O6S2/c1-25(2)41(46(59)54-22-31(55)19-36(54)43(57)48-26(3)28-9-11-29(12-10-28)42-27(4)47-24-61-42)38-21-40(51-60-38)52-16-13-30(14-17-52)45(58)53-18-15-39-34(23-53)33-20-35(49-50-44(33)62-39)32-7-5-6-8-37(32)56/h5-12,20-21,24-26,30-31,36,41,55-56H,13-19,22-23H2,1-4H3,(H,48,57)/t26?,31-,36+,41?/m1/s1. The number of benzene rings is 2. The molecule has 0 radical (unpaired) electrons. The van der Waals surface area contributed by atoms with Crippen molar-refractivity contribution in [2.75, 3.05) is 31.1 Å². The third-order valence-electron chi connectivity index (χ3n) is 12.7. The summed E-state index contributed by atoms with van der Waals surface area (Å²) in [7, 11) is 0. The van der Waals surface area contributed by atoms with Crippen LogP contribution in [0.2, 0.25) is 0 Å². The molecule has 16 heteroatoms. The topological polar surface area (TPSA) is 178 Å². The van der Waals surface area contributed by atoms with Crippen LogP contribution in [0.1, 0.15) is 79.5 Å². The molecule has 2 fully saturated rings. The number of thiophene rings is 1. The molecule has 4 atom stereocenters. The molecule has 2 unspecified atom stereocenters. The number of likely N-dealkylation sites (tertiary alicyclic amines) is 1. The molecule has 2 saturated heterocycles. The van der Waals surface area contributed by atoms with Gasteiger partial charge in [0.05, 0.1) is 33.9 Å². The number of aliphatic hydroxyl groups is 1. The largest absolute Gasteiger partial charge is 0.507 e. The van der Waals surface area contributed by atoms with Crippen molar-refractivity contribution in [2.45, 2.75) is 84.0 Å². The monoisotopic (exact) mass is 874 g/mol. The lowest BCUT2D eigenvalue weighted by Crippen LogP contribution is -2.48. The first kappa shape index (κ1) is 41.6. The van der Waals surface area contributed by atoms with Crippen LogP contribution in [-0.2, 0) is 27.3 Å². The Kier molecular flexibility index (Phi) is 11.6. The number of rotatable bonds is 10. The molecule has 9 rings (SSSR count). The predicted molar refractivity (Wildman–Crippen MR) is 238 cm³/mol. The smallest absolute Gasteiger partial charge is 0.243 e. The first-order valence-corrected chi connectivity index (χ1v) is 23.0. The number of para-hydroxylation sites is 1. The van der Waals surface area contributed by atoms with E-state index in [2.05, 4.69) is 30.6 Å². The van der Waals surface area contributed by atoms with E-state index in [-0.39, 0.29) is 54.3 Å². The number of nitrogens with one attached hydrogen (secondary N) is 1. The van der Waals surface area contributed by atoms with E-state index in [0.29, 0.717) is 61.9 Å². The number of carbonyl (C=O) groups is 3. The maximum atomic E-state index is 14.3. The number of phenols is 1. The minimum atomic E-state index is -0.834. The van der Waals surface area contributed by atoms with E-state index in [9.17, 15) is 24.6 Å². The Morgan fingerprint density at radius 1 is 0.984 bits per heavy atom. The van der Waals surface area contributed by atoms with Gasteiger partial charge in [-0.3, -0.25) is 14.4 Å². The number of piperidine rings is 1. The number of carbonyl (C=O) groups excluding carboxylic acids is 3. The maximum absolute atomic E-state index is 14.3. The van der Waals surface area contributed by atoms with Gasteiger partial charge in [-0.1, -0.05) is 55.4 Å². The van der Waals surface area contributed by atoms with Crippen LogP contribution in [0.4, 0.5) is 5.82 Å². The van der Waals surface area contributed by atoms with Gasteiger partial charge in [0.25, 0.3) is 0 Å². The van der Waals surface area contributed by atoms with Gasteiger partial charge in [-0.2, -0.15) is 0 Å². The molecule has 0 aliphatic carbocycles. The number of aromatic nitrogens is 4. The molecule has 2 aromatic carbocycles. The molecule has 0 saturated carbocycles. The Labute approximate surface area is 367 Å². The number of β-amino-alcohol motifs (C(OH)–C–C–N with tert-alkyl or cyclic N) is 1. The number of hydrogen-bond acceptors (Lipinski definition) is 13. The molecule has 62 heavy (non-hydrogen) atoms. The van der Waals surface area contributed by atoms with E-state index in [1.807, 2.05) is 86.6 Å². The number of aromatic hydroxyl groups is 1. The van der Waals surface area contributed by atoms with Crippen molar-refractivity contribution >= 4 is 56.4 Å². The highest BCUT2D eigenvalue weighted by Crippen LogP contribution is 2.39. The van der Waals surface area contributed by atoms with Gasteiger partial charge in [0.2, 0.25) is 17.7 Å². The van der Waals surface area contributed by atoms with E-state index < -0.39 is 18.1 Å². The third kappa shape index (κ3) is 8.06. The van der Waals surface area contributed by atoms with Gasteiger partial charge in [0.1, 0.15) is 22.5 Å². The van der Waals surface area contributed by atoms with Crippen molar-refractivity contribution in [2.24, 2.45) is 11.8 Å². The normalized spacial score (nSPS) is 19.2. The van der Waals surface area contributed by atoms with E-state index in [0.717, 1.165) is 43.9 Å². The van der Waals surface area contributed by atoms with Crippen LogP contribution < -0.4 is 10.2 Å². The number of aryl methyl sites for hydroxylation is 1. The van der Waals surface area contributed by atoms with Crippen molar-refractivity contribution in [3.63, 3.8) is 0 Å². The molecule has 3 N–H and O–H groups in total. The van der Waals surface area contributed by atoms with Crippen LogP contribution in [0.25, 0.3) is 31.9 Å². The minimum Gasteiger partial charge on any atom is -0.507 e. The van der Waals surface area contributed by atoms with E-state index in [4.69, 9.17) is 4.52 Å². The van der Waals surface area contributed by atoms with Crippen LogP contribution >= 0.6 is 22.7 Å². The Hall–Kier alpha value is -5.71. The fourth-order valence-electron chi connectivity index (χ4n) is 9.20. The van der Waals surface area contributed by atoms with Crippen LogP contribution in [0.15, 0.2) is 70.7 Å². The van der Waals surface area contributed by atoms with Crippen molar-refractivity contribution in [3.05, 3.63) is 93.6 Å². The summed E-state index contributed by atoms with van der Waals surface area (Å²) in [5, 5.41) is 38.5. The molecule has 4 aromatic heterocycles. The highest BCUT2D eigenvalue weighted by atomic mass is 32.1. The zero-order chi connectivity index (χ0) is 43.2. The van der Waals surface area contributed by atoms with Crippen molar-refractivity contribution in [3.8, 4) is 27.4 Å². The molecule has 0 spiro atoms. The first-order valence-electron chi connectivity index (χ1n) is 21.3. The highest BCUT2D eigenvalue weighted by Gasteiger charge is 2.44. The van der Waals surface area contributed by atoms with Gasteiger partial charge in [0.15, 0.2) is 11.6 Å². The number of amides is 3. The quantitative estimate of drug-likeness (QED) is 0.131. The first-order chi connectivity index (χ1) is 29.9. The molecule has 0 bridgehead atoms. The van der Waals surface area contributed by atoms with Gasteiger partial charge in [-0.25, -0.2) is 4.98 Å². The number of nitrogens with zero attached hydrogens (tertiary/aromatic N) is 7. The van der Waals surface area contributed by atoms with Crippen LogP contribution in [0, 0.1) is 18.8 Å². The summed E-state index contributed by atoms with van der Waals surface area (Å²) in [5.74, 6) is -0.321. The average Bonchev–Trinajstić information content (AvgIpc) is 4.09. The van der Waals surface area contributed by atoms with E-state index >= 15 is 0 Å². The molecule has 14 nitrogen and oxygen atoms in total. The second kappa shape index (κ2) is 17.2. The molecule has 322 valence electrons. The molecular weight excluding hydrogens is 825 g/mol. The molecule has 6 aromatic rings. The second-order valence-corrected chi connectivity index (χ2v) is 19.0. The van der Waals surface area contributed by atoms with Crippen LogP contribution in [-0.4, -0.2) is 96.4 Å². The Morgan fingerprint density at radius 3 is 2.48 bits per heavy atom. The summed E-state index contributed by atoms with van der Waals surface area (Å²) in [4.78, 5) is 55.1. The molecule has 3 aliphatic rings. The van der Waals surface area contributed by atoms with Crippen LogP contribution in [0.3, 0.4) is 0 Å². The SMILES string of the molecule is Cc1ncsc1-c1ccc(C(C)NC(=O)[C@@H]2C[C@@H](O)CN2C(=O)C(c2cc(N3CCC(C(=O)N4CCc5sc6nnc(-c7ccccc7O)cc6c5C4)CC3)no2)C(C)C)cc1. The maximum Gasteiger partial charge on any atom is 0.243 e. The van der Waals surface area contributed by atoms with Gasteiger partial charge >= 0.3 is 0 Å². The number of phenolic OH excluding ortho intramolecular Hbond substituents is 1. The third-order valence-corrected chi connectivity index (χ3v) is 14.8. The summed E-state index contributed by atoms with van der Waals surface area (Å²) in [6.07, 6.45) is 1.38. The van der Waals surface area contributed by atoms with Gasteiger partial charge < -0.3 is 34.8 Å². The second-order valence-electron chi connectivity index (χ2n) is 17.1.